The van der Waals surface area contributed by atoms with E-state index in [4.69, 9.17) is 16.6 Å². The number of amides is 3. The van der Waals surface area contributed by atoms with Gasteiger partial charge in [0.15, 0.2) is 0 Å². The van der Waals surface area contributed by atoms with E-state index in [1.165, 1.54) is 4.68 Å². The lowest BCUT2D eigenvalue weighted by Gasteiger charge is -2.17. The van der Waals surface area contributed by atoms with Crippen LogP contribution in [0.2, 0.25) is 0 Å². The van der Waals surface area contributed by atoms with Gasteiger partial charge in [0.2, 0.25) is 5.91 Å². The highest BCUT2D eigenvalue weighted by atomic mass is 16.3. The Hall–Kier alpha value is -2.98. The molecule has 1 heterocycles. The molecule has 1 aromatic carbocycles. The summed E-state index contributed by atoms with van der Waals surface area (Å²) >= 11 is 0. The summed E-state index contributed by atoms with van der Waals surface area (Å²) in [7, 11) is 0. The minimum Gasteiger partial charge on any atom is -0.392 e. The van der Waals surface area contributed by atoms with Crippen molar-refractivity contribution in [3.05, 3.63) is 41.7 Å². The maximum atomic E-state index is 13.0. The molecule has 0 bridgehead atoms. The predicted octanol–water partition coefficient (Wildman–Crippen LogP) is 1.44. The van der Waals surface area contributed by atoms with Crippen LogP contribution in [0.25, 0.3) is 0 Å². The maximum Gasteiger partial charge on any atom is 0.312 e. The second-order valence-corrected chi connectivity index (χ2v) is 7.65. The minimum atomic E-state index is -0.635. The largest absolute Gasteiger partial charge is 0.392 e. The molecule has 164 valence electrons. The van der Waals surface area contributed by atoms with Crippen LogP contribution < -0.4 is 22.1 Å². The van der Waals surface area contributed by atoms with Crippen LogP contribution in [0.3, 0.4) is 0 Å². The monoisotopic (exact) mass is 417 g/mol. The van der Waals surface area contributed by atoms with Crippen molar-refractivity contribution in [2.45, 2.75) is 51.8 Å². The van der Waals surface area contributed by atoms with Gasteiger partial charge in [0.1, 0.15) is 6.04 Å². The van der Waals surface area contributed by atoms with Crippen LogP contribution in [0.5, 0.6) is 0 Å². The summed E-state index contributed by atoms with van der Waals surface area (Å²) in [4.78, 5) is 23.8. The first kappa shape index (κ1) is 23.3. The molecule has 0 aliphatic carbocycles. The van der Waals surface area contributed by atoms with Gasteiger partial charge in [-0.25, -0.2) is 9.48 Å². The van der Waals surface area contributed by atoms with Gasteiger partial charge in [0.05, 0.1) is 24.5 Å². The molecule has 2 rings (SSSR count). The third-order valence-corrected chi connectivity index (χ3v) is 4.61. The van der Waals surface area contributed by atoms with Gasteiger partial charge >= 0.3 is 6.03 Å². The number of aliphatic hydroxyl groups excluding tert-OH is 1. The number of primary amides is 1. The van der Waals surface area contributed by atoms with Crippen LogP contribution in [-0.4, -0.2) is 38.6 Å². The molecule has 7 N–H and O–H groups in total. The lowest BCUT2D eigenvalue weighted by molar-refractivity contribution is -0.119. The number of anilines is 1. The van der Waals surface area contributed by atoms with Gasteiger partial charge in [-0.3, -0.25) is 4.79 Å². The summed E-state index contributed by atoms with van der Waals surface area (Å²) < 4.78 is 1.51. The molecular formula is C20H31N7O3. The number of benzene rings is 1. The van der Waals surface area contributed by atoms with Gasteiger partial charge in [0.25, 0.3) is 0 Å². The zero-order chi connectivity index (χ0) is 22.1. The molecule has 0 fully saturated rings. The zero-order valence-corrected chi connectivity index (χ0v) is 17.4. The molecule has 10 heteroatoms. The predicted molar refractivity (Wildman–Crippen MR) is 113 cm³/mol. The number of urea groups is 1. The smallest absolute Gasteiger partial charge is 0.312 e. The third kappa shape index (κ3) is 7.12. The molecule has 30 heavy (non-hydrogen) atoms. The van der Waals surface area contributed by atoms with Crippen molar-refractivity contribution >= 4 is 17.6 Å². The second-order valence-electron chi connectivity index (χ2n) is 7.65. The number of nitrogens with zero attached hydrogens (tertiary/aromatic N) is 3. The Balaban J connectivity index is 2.13. The number of aliphatic hydroxyl groups is 1. The van der Waals surface area contributed by atoms with Gasteiger partial charge in [-0.15, -0.1) is 5.10 Å². The second kappa shape index (κ2) is 11.3. The van der Waals surface area contributed by atoms with Crippen LogP contribution in [-0.2, 0) is 11.4 Å². The average Bonchev–Trinajstić information content (AvgIpc) is 3.17. The van der Waals surface area contributed by atoms with E-state index in [9.17, 15) is 9.59 Å². The summed E-state index contributed by atoms with van der Waals surface area (Å²) in [5.41, 5.74) is 13.3. The summed E-state index contributed by atoms with van der Waals surface area (Å²) in [5, 5.41) is 22.8. The first-order valence-corrected chi connectivity index (χ1v) is 10.0. The van der Waals surface area contributed by atoms with E-state index in [-0.39, 0.29) is 18.6 Å². The Morgan fingerprint density at radius 2 is 1.93 bits per heavy atom. The van der Waals surface area contributed by atoms with Crippen LogP contribution in [0, 0.1) is 5.92 Å². The molecule has 2 aromatic rings. The Labute approximate surface area is 176 Å². The molecule has 0 aliphatic rings. The lowest BCUT2D eigenvalue weighted by Crippen LogP contribution is -2.31. The van der Waals surface area contributed by atoms with E-state index < -0.39 is 12.1 Å². The van der Waals surface area contributed by atoms with E-state index in [0.717, 1.165) is 12.0 Å². The normalized spacial score (nSPS) is 13.1. The van der Waals surface area contributed by atoms with Crippen molar-refractivity contribution in [2.75, 3.05) is 11.9 Å². The molecule has 3 amide bonds. The summed E-state index contributed by atoms with van der Waals surface area (Å²) in [5.74, 6) is 0.144. The van der Waals surface area contributed by atoms with Crippen molar-refractivity contribution in [2.24, 2.45) is 17.4 Å². The van der Waals surface area contributed by atoms with Crippen LogP contribution in [0.4, 0.5) is 10.5 Å². The molecule has 0 saturated heterocycles. The fraction of sp³-hybridized carbons (Fsp3) is 0.500. The van der Waals surface area contributed by atoms with E-state index >= 15 is 0 Å². The number of hydrogen-bond donors (Lipinski definition) is 5. The summed E-state index contributed by atoms with van der Waals surface area (Å²) in [6.07, 6.45) is 3.41. The summed E-state index contributed by atoms with van der Waals surface area (Å²) in [6, 6.07) is 5.42. The standard InChI is InChI=1S/C20H31N7O3/c1-13(2)10-16(21)17-11-27(26-25-17)18(4-3-9-23-20(22)30)19(29)24-15-7-5-14(12-28)6-8-15/h5-8,11,13,16,18,28H,3-4,9-10,12,21H2,1-2H3,(H,24,29)(H3,22,23,30)/t16-,18-/m0/s1. The SMILES string of the molecule is CC(C)C[C@H](N)c1cn([C@@H](CCCNC(N)=O)C(=O)Nc2ccc(CO)cc2)nn1. The number of nitrogens with one attached hydrogen (secondary N) is 2. The van der Waals surface area contributed by atoms with Crippen molar-refractivity contribution in [1.29, 1.82) is 0 Å². The van der Waals surface area contributed by atoms with E-state index in [2.05, 4.69) is 34.8 Å². The Bertz CT molecular complexity index is 820. The lowest BCUT2D eigenvalue weighted by atomic mass is 10.0. The van der Waals surface area contributed by atoms with Crippen LogP contribution in [0.15, 0.2) is 30.5 Å². The van der Waals surface area contributed by atoms with Crippen molar-refractivity contribution in [3.63, 3.8) is 0 Å². The fourth-order valence-electron chi connectivity index (χ4n) is 3.05. The Morgan fingerprint density at radius 1 is 1.23 bits per heavy atom. The highest BCUT2D eigenvalue weighted by Crippen LogP contribution is 2.21. The topological polar surface area (TPSA) is 161 Å². The van der Waals surface area contributed by atoms with Crippen molar-refractivity contribution in [3.8, 4) is 0 Å². The Kier molecular flexibility index (Phi) is 8.75. The quantitative estimate of drug-likeness (QED) is 0.348. The van der Waals surface area contributed by atoms with E-state index in [1.807, 2.05) is 0 Å². The fourth-order valence-corrected chi connectivity index (χ4v) is 3.05. The van der Waals surface area contributed by atoms with Gasteiger partial charge in [0, 0.05) is 12.2 Å². The van der Waals surface area contributed by atoms with Crippen molar-refractivity contribution < 1.29 is 14.7 Å². The Morgan fingerprint density at radius 3 is 2.53 bits per heavy atom. The van der Waals surface area contributed by atoms with Gasteiger partial charge in [-0.1, -0.05) is 31.2 Å². The number of nitrogens with two attached hydrogens (primary N) is 2. The molecule has 0 spiro atoms. The van der Waals surface area contributed by atoms with Crippen LogP contribution in [0.1, 0.15) is 56.5 Å². The van der Waals surface area contributed by atoms with Gasteiger partial charge in [-0.2, -0.15) is 0 Å². The summed E-state index contributed by atoms with van der Waals surface area (Å²) in [6.45, 7) is 4.43. The van der Waals surface area contributed by atoms with Crippen LogP contribution >= 0.6 is 0 Å². The maximum absolute atomic E-state index is 13.0. The molecule has 1 aromatic heterocycles. The number of hydrogen-bond acceptors (Lipinski definition) is 6. The third-order valence-electron chi connectivity index (χ3n) is 4.61. The number of aromatic nitrogens is 3. The molecular weight excluding hydrogens is 386 g/mol. The van der Waals surface area contributed by atoms with E-state index in [0.29, 0.717) is 36.7 Å². The molecule has 0 aliphatic heterocycles. The van der Waals surface area contributed by atoms with Gasteiger partial charge in [-0.05, 0) is 42.9 Å². The molecule has 0 unspecified atom stereocenters. The first-order valence-electron chi connectivity index (χ1n) is 10.0. The van der Waals surface area contributed by atoms with Gasteiger partial charge < -0.3 is 27.2 Å². The highest BCUT2D eigenvalue weighted by Gasteiger charge is 2.23. The molecule has 0 radical (unpaired) electrons. The molecule has 2 atom stereocenters. The molecule has 0 saturated carbocycles. The minimum absolute atomic E-state index is 0.0674. The van der Waals surface area contributed by atoms with E-state index in [1.54, 1.807) is 30.5 Å². The number of rotatable bonds is 11. The van der Waals surface area contributed by atoms with Crippen molar-refractivity contribution in [1.82, 2.24) is 20.3 Å². The first-order chi connectivity index (χ1) is 14.3. The zero-order valence-electron chi connectivity index (χ0n) is 17.4. The molecule has 10 nitrogen and oxygen atoms in total. The highest BCUT2D eigenvalue weighted by molar-refractivity contribution is 5.93. The number of carbonyl (C=O) groups is 2. The average molecular weight is 418 g/mol. The number of carbonyl (C=O) groups excluding carboxylic acids is 2.